The first-order valence-corrected chi connectivity index (χ1v) is 13.1. The van der Waals surface area contributed by atoms with Gasteiger partial charge in [0.25, 0.3) is 0 Å². The summed E-state index contributed by atoms with van der Waals surface area (Å²) in [5.41, 5.74) is 1.39. The highest BCUT2D eigenvalue weighted by Gasteiger charge is 2.85. The fraction of sp³-hybridized carbons (Fsp3) is 0.885. The molecule has 0 aliphatic heterocycles. The van der Waals surface area contributed by atoms with E-state index in [4.69, 9.17) is 19.9 Å². The Morgan fingerprint density at radius 3 is 2.03 bits per heavy atom. The Labute approximate surface area is 205 Å². The van der Waals surface area contributed by atoms with Crippen LogP contribution in [0.3, 0.4) is 0 Å². The molecule has 0 aromatic carbocycles. The number of carbonyl (C=O) groups excluding carboxylic acids is 2. The summed E-state index contributed by atoms with van der Waals surface area (Å²) in [5.74, 6) is -3.07. The van der Waals surface area contributed by atoms with Crippen LogP contribution in [0.1, 0.15) is 72.1 Å². The first-order chi connectivity index (χ1) is 16.4. The molecular formula is C26H38FNO7. The Balaban J connectivity index is 1.26. The molecule has 6 fully saturated rings. The van der Waals surface area contributed by atoms with E-state index < -0.39 is 52.8 Å². The molecule has 0 aromatic heterocycles. The topological polar surface area (TPSA) is 125 Å². The summed E-state index contributed by atoms with van der Waals surface area (Å²) in [6.07, 6.45) is 4.67. The molecule has 0 radical (unpaired) electrons. The SMILES string of the molecule is CC(C)CCO[C@@H]1C[C@@H]2[C@H]([C@]1(N)C(=O)O[C@@H](C)OC(=O)C13CC4CC(CC(C4)C1)C3)[C@@]2(F)C(=O)O. The molecule has 4 bridgehead atoms. The van der Waals surface area contributed by atoms with E-state index in [-0.39, 0.29) is 12.4 Å². The molecule has 0 amide bonds. The largest absolute Gasteiger partial charge is 0.479 e. The maximum atomic E-state index is 15.2. The molecule has 0 aromatic rings. The normalized spacial score (nSPS) is 45.8. The van der Waals surface area contributed by atoms with Crippen molar-refractivity contribution >= 4 is 17.9 Å². The van der Waals surface area contributed by atoms with Crippen LogP contribution >= 0.6 is 0 Å². The van der Waals surface area contributed by atoms with Gasteiger partial charge in [-0.1, -0.05) is 13.8 Å². The maximum Gasteiger partial charge on any atom is 0.342 e. The number of hydrogen-bond donors (Lipinski definition) is 2. The number of aliphatic carboxylic acids is 1. The minimum atomic E-state index is -2.58. The van der Waals surface area contributed by atoms with Crippen LogP contribution in [0.4, 0.5) is 4.39 Å². The summed E-state index contributed by atoms with van der Waals surface area (Å²) in [4.78, 5) is 38.1. The number of esters is 2. The molecule has 3 N–H and O–H groups in total. The first-order valence-electron chi connectivity index (χ1n) is 13.1. The van der Waals surface area contributed by atoms with E-state index in [0.29, 0.717) is 30.3 Å². The zero-order valence-electron chi connectivity index (χ0n) is 20.8. The van der Waals surface area contributed by atoms with E-state index in [1.54, 1.807) is 0 Å². The number of carbonyl (C=O) groups is 3. The minimum absolute atomic E-state index is 0.0264. The number of alkyl halides is 1. The number of fused-ring (bicyclic) bond motifs is 1. The van der Waals surface area contributed by atoms with Crippen LogP contribution in [0.5, 0.6) is 0 Å². The van der Waals surface area contributed by atoms with Gasteiger partial charge in [-0.15, -0.1) is 0 Å². The lowest BCUT2D eigenvalue weighted by Gasteiger charge is -2.55. The van der Waals surface area contributed by atoms with Crippen molar-refractivity contribution in [1.82, 2.24) is 0 Å². The van der Waals surface area contributed by atoms with Gasteiger partial charge in [0.05, 0.1) is 11.5 Å². The van der Waals surface area contributed by atoms with Crippen LogP contribution in [0, 0.1) is 40.9 Å². The highest BCUT2D eigenvalue weighted by atomic mass is 19.1. The highest BCUT2D eigenvalue weighted by Crippen LogP contribution is 2.67. The van der Waals surface area contributed by atoms with Crippen LogP contribution in [0.25, 0.3) is 0 Å². The Hall–Kier alpha value is -1.74. The average Bonchev–Trinajstić information content (AvgIpc) is 3.23. The summed E-state index contributed by atoms with van der Waals surface area (Å²) in [6.45, 7) is 5.82. The van der Waals surface area contributed by atoms with E-state index >= 15 is 4.39 Å². The summed E-state index contributed by atoms with van der Waals surface area (Å²) in [7, 11) is 0. The number of ether oxygens (including phenoxy) is 3. The van der Waals surface area contributed by atoms with Crippen LogP contribution in [0.15, 0.2) is 0 Å². The molecule has 6 atom stereocenters. The fourth-order valence-electron chi connectivity index (χ4n) is 8.15. The smallest absolute Gasteiger partial charge is 0.342 e. The second-order valence-corrected chi connectivity index (χ2v) is 12.4. The van der Waals surface area contributed by atoms with Crippen molar-refractivity contribution in [3.63, 3.8) is 0 Å². The van der Waals surface area contributed by atoms with Gasteiger partial charge in [-0.2, -0.15) is 0 Å². The van der Waals surface area contributed by atoms with Crippen molar-refractivity contribution < 1.29 is 38.1 Å². The summed E-state index contributed by atoms with van der Waals surface area (Å²) in [6, 6.07) is 0. The maximum absolute atomic E-state index is 15.2. The molecule has 196 valence electrons. The number of hydrogen-bond acceptors (Lipinski definition) is 7. The Morgan fingerprint density at radius 2 is 1.51 bits per heavy atom. The lowest BCUT2D eigenvalue weighted by molar-refractivity contribution is -0.206. The third kappa shape index (κ3) is 3.88. The fourth-order valence-corrected chi connectivity index (χ4v) is 8.15. The molecule has 0 saturated heterocycles. The zero-order chi connectivity index (χ0) is 25.3. The lowest BCUT2D eigenvalue weighted by Crippen LogP contribution is -2.61. The monoisotopic (exact) mass is 495 g/mol. The van der Waals surface area contributed by atoms with E-state index in [2.05, 4.69) is 0 Å². The van der Waals surface area contributed by atoms with Gasteiger partial charge in [-0.25, -0.2) is 14.0 Å². The lowest BCUT2D eigenvalue weighted by atomic mass is 9.49. The van der Waals surface area contributed by atoms with Crippen LogP contribution in [-0.4, -0.2) is 53.2 Å². The van der Waals surface area contributed by atoms with Gasteiger partial charge in [0.2, 0.25) is 12.0 Å². The molecule has 0 spiro atoms. The summed E-state index contributed by atoms with van der Waals surface area (Å²) < 4.78 is 32.1. The third-order valence-corrected chi connectivity index (χ3v) is 9.51. The number of carboxylic acid groups (broad SMARTS) is 1. The molecule has 6 saturated carbocycles. The Kier molecular flexibility index (Phi) is 5.98. The molecule has 6 aliphatic carbocycles. The van der Waals surface area contributed by atoms with Crippen molar-refractivity contribution in [1.29, 1.82) is 0 Å². The molecular weight excluding hydrogens is 457 g/mol. The second kappa shape index (κ2) is 8.40. The van der Waals surface area contributed by atoms with Gasteiger partial charge >= 0.3 is 17.9 Å². The molecule has 6 rings (SSSR count). The van der Waals surface area contributed by atoms with Gasteiger partial charge in [0.15, 0.2) is 0 Å². The quantitative estimate of drug-likeness (QED) is 0.369. The molecule has 9 heteroatoms. The number of rotatable bonds is 9. The molecule has 8 nitrogen and oxygen atoms in total. The number of carboxylic acids is 1. The third-order valence-electron chi connectivity index (χ3n) is 9.51. The highest BCUT2D eigenvalue weighted by molar-refractivity contribution is 5.91. The van der Waals surface area contributed by atoms with Gasteiger partial charge in [0, 0.05) is 25.4 Å². The summed E-state index contributed by atoms with van der Waals surface area (Å²) >= 11 is 0. The van der Waals surface area contributed by atoms with Crippen molar-refractivity contribution in [2.75, 3.05) is 6.61 Å². The van der Waals surface area contributed by atoms with Crippen molar-refractivity contribution in [2.45, 2.75) is 95.7 Å². The molecule has 0 heterocycles. The first kappa shape index (κ1) is 24.9. The number of halogens is 1. The molecule has 0 unspecified atom stereocenters. The zero-order valence-corrected chi connectivity index (χ0v) is 20.8. The predicted molar refractivity (Wildman–Crippen MR) is 121 cm³/mol. The van der Waals surface area contributed by atoms with Gasteiger partial charge < -0.3 is 25.1 Å². The van der Waals surface area contributed by atoms with Gasteiger partial charge in [0.1, 0.15) is 5.54 Å². The predicted octanol–water partition coefficient (Wildman–Crippen LogP) is 3.21. The molecule has 6 aliphatic rings. The van der Waals surface area contributed by atoms with Crippen molar-refractivity contribution in [3.8, 4) is 0 Å². The Bertz CT molecular complexity index is 873. The minimum Gasteiger partial charge on any atom is -0.479 e. The average molecular weight is 496 g/mol. The Morgan fingerprint density at radius 1 is 0.971 bits per heavy atom. The summed E-state index contributed by atoms with van der Waals surface area (Å²) in [5, 5.41) is 9.43. The van der Waals surface area contributed by atoms with Gasteiger partial charge in [-0.05, 0) is 75.0 Å². The van der Waals surface area contributed by atoms with E-state index in [9.17, 15) is 19.5 Å². The van der Waals surface area contributed by atoms with E-state index in [0.717, 1.165) is 25.7 Å². The van der Waals surface area contributed by atoms with Gasteiger partial charge in [-0.3, -0.25) is 4.79 Å². The van der Waals surface area contributed by atoms with E-state index in [1.165, 1.54) is 26.2 Å². The number of nitrogens with two attached hydrogens (primary N) is 1. The van der Waals surface area contributed by atoms with Crippen molar-refractivity contribution in [3.05, 3.63) is 0 Å². The molecule has 35 heavy (non-hydrogen) atoms. The standard InChI is InChI=1S/C26H38FNO7/c1-13(2)4-5-33-19-9-18-20(25(18,27)21(29)30)26(19,28)23(32)35-14(3)34-22(31)24-10-15-6-16(11-24)8-17(7-15)12-24/h13-20H,4-12,28H2,1-3H3,(H,29,30)/t14-,15?,16?,17?,18+,19+,20-,24?,25+,26-/m0/s1. The van der Waals surface area contributed by atoms with Crippen molar-refractivity contribution in [2.24, 2.45) is 46.7 Å². The van der Waals surface area contributed by atoms with Crippen LogP contribution in [-0.2, 0) is 28.6 Å². The van der Waals surface area contributed by atoms with Crippen LogP contribution < -0.4 is 5.73 Å². The second-order valence-electron chi connectivity index (χ2n) is 12.4. The van der Waals surface area contributed by atoms with Crippen LogP contribution in [0.2, 0.25) is 0 Å². The van der Waals surface area contributed by atoms with E-state index in [1.807, 2.05) is 13.8 Å².